The molecule has 4 nitrogen and oxygen atoms in total. The Morgan fingerprint density at radius 3 is 1.67 bits per heavy atom. The molecule has 2 atom stereocenters. The Labute approximate surface area is 122 Å². The number of carbonyl (C=O) groups is 2. The van der Waals surface area contributed by atoms with Gasteiger partial charge in [-0.15, -0.1) is 0 Å². The molecular weight excluding hydrogens is 288 g/mol. The van der Waals surface area contributed by atoms with Crippen LogP contribution >= 0.6 is 0 Å². The number of Topliss-reactive ketones (excluding diaryl/α,β-unsaturated/α-hetero) is 2. The summed E-state index contributed by atoms with van der Waals surface area (Å²) in [6.07, 6.45) is 0.857. The first-order valence-electron chi connectivity index (χ1n) is 7.04. The van der Waals surface area contributed by atoms with Gasteiger partial charge < -0.3 is 0 Å². The molecule has 0 spiro atoms. The van der Waals surface area contributed by atoms with Crippen molar-refractivity contribution in [1.82, 2.24) is 0 Å². The molecule has 21 heavy (non-hydrogen) atoms. The topological polar surface area (TPSA) is 68.3 Å². The van der Waals surface area contributed by atoms with E-state index in [9.17, 15) is 18.0 Å². The fourth-order valence-electron chi connectivity index (χ4n) is 3.87. The Hall–Kier alpha value is -1.75. The third kappa shape index (κ3) is 1.83. The predicted molar refractivity (Wildman–Crippen MR) is 77.0 cm³/mol. The van der Waals surface area contributed by atoms with Gasteiger partial charge in [0.1, 0.15) is 0 Å². The van der Waals surface area contributed by atoms with Crippen molar-refractivity contribution in [2.75, 3.05) is 11.5 Å². The van der Waals surface area contributed by atoms with Gasteiger partial charge in [-0.25, -0.2) is 8.42 Å². The Kier molecular flexibility index (Phi) is 2.55. The van der Waals surface area contributed by atoms with E-state index in [1.165, 1.54) is 0 Å². The van der Waals surface area contributed by atoms with Crippen molar-refractivity contribution < 1.29 is 18.0 Å². The number of hydrogen-bond donors (Lipinski definition) is 0. The molecule has 0 saturated heterocycles. The molecule has 1 heterocycles. The average molecular weight is 302 g/mol. The molecular formula is C16H14O4S. The van der Waals surface area contributed by atoms with Crippen LogP contribution in [0, 0.1) is 11.8 Å². The van der Waals surface area contributed by atoms with Gasteiger partial charge in [-0.1, -0.05) is 35.4 Å². The van der Waals surface area contributed by atoms with Crippen LogP contribution in [-0.2, 0) is 9.84 Å². The van der Waals surface area contributed by atoms with Crippen LogP contribution in [0.1, 0.15) is 33.6 Å². The van der Waals surface area contributed by atoms with Gasteiger partial charge in [0, 0.05) is 23.0 Å². The quantitative estimate of drug-likeness (QED) is 0.686. The van der Waals surface area contributed by atoms with Crippen LogP contribution in [0.4, 0.5) is 0 Å². The summed E-state index contributed by atoms with van der Waals surface area (Å²) in [5, 5.41) is 0. The Balaban J connectivity index is 1.78. The van der Waals surface area contributed by atoms with E-state index < -0.39 is 9.84 Å². The summed E-state index contributed by atoms with van der Waals surface area (Å²) in [4.78, 5) is 25.2. The summed E-state index contributed by atoms with van der Waals surface area (Å²) in [6.45, 7) is 0. The van der Waals surface area contributed by atoms with Gasteiger partial charge >= 0.3 is 0 Å². The van der Waals surface area contributed by atoms with Gasteiger partial charge in [0.15, 0.2) is 21.4 Å². The van der Waals surface area contributed by atoms with Crippen LogP contribution < -0.4 is 0 Å². The molecule has 3 aliphatic rings. The number of sulfone groups is 1. The van der Waals surface area contributed by atoms with Crippen molar-refractivity contribution in [3.8, 4) is 0 Å². The highest BCUT2D eigenvalue weighted by molar-refractivity contribution is 7.92. The molecule has 0 saturated carbocycles. The Bertz CT molecular complexity index is 755. The summed E-state index contributed by atoms with van der Waals surface area (Å²) < 4.78 is 23.5. The predicted octanol–water partition coefficient (Wildman–Crippen LogP) is 1.82. The lowest BCUT2D eigenvalue weighted by molar-refractivity contribution is 0.0722. The molecule has 0 aromatic heterocycles. The first-order chi connectivity index (χ1) is 9.96. The lowest BCUT2D eigenvalue weighted by Crippen LogP contribution is -2.39. The monoisotopic (exact) mass is 302 g/mol. The van der Waals surface area contributed by atoms with Crippen molar-refractivity contribution in [1.29, 1.82) is 0 Å². The fourth-order valence-corrected chi connectivity index (χ4v) is 5.68. The van der Waals surface area contributed by atoms with E-state index in [-0.39, 0.29) is 34.9 Å². The summed E-state index contributed by atoms with van der Waals surface area (Å²) in [5.74, 6) is -0.639. The normalized spacial score (nSPS) is 29.9. The first-order valence-corrected chi connectivity index (χ1v) is 8.86. The van der Waals surface area contributed by atoms with Crippen molar-refractivity contribution >= 4 is 21.4 Å². The van der Waals surface area contributed by atoms with E-state index in [1.807, 2.05) is 0 Å². The molecule has 0 bridgehead atoms. The van der Waals surface area contributed by atoms with E-state index in [1.54, 1.807) is 24.3 Å². The van der Waals surface area contributed by atoms with Crippen LogP contribution in [0.2, 0.25) is 0 Å². The van der Waals surface area contributed by atoms with Gasteiger partial charge in [0.05, 0.1) is 11.5 Å². The highest BCUT2D eigenvalue weighted by Crippen LogP contribution is 2.44. The number of hydrogen-bond acceptors (Lipinski definition) is 4. The highest BCUT2D eigenvalue weighted by Gasteiger charge is 2.46. The molecule has 1 aromatic rings. The summed E-state index contributed by atoms with van der Waals surface area (Å²) in [5.41, 5.74) is 2.73. The smallest absolute Gasteiger partial charge is 0.167 e. The second-order valence-corrected chi connectivity index (χ2v) is 8.20. The minimum absolute atomic E-state index is 0.00829. The van der Waals surface area contributed by atoms with Crippen molar-refractivity contribution in [3.05, 3.63) is 46.5 Å². The second kappa shape index (κ2) is 4.13. The van der Waals surface area contributed by atoms with Gasteiger partial charge in [-0.05, 0) is 12.8 Å². The number of benzene rings is 1. The lowest BCUT2D eigenvalue weighted by atomic mass is 9.66. The Morgan fingerprint density at radius 2 is 1.24 bits per heavy atom. The molecule has 0 unspecified atom stereocenters. The van der Waals surface area contributed by atoms with Gasteiger partial charge in [0.2, 0.25) is 0 Å². The molecule has 2 aliphatic carbocycles. The molecule has 5 heteroatoms. The maximum atomic E-state index is 12.6. The minimum atomic E-state index is -3.07. The minimum Gasteiger partial charge on any atom is -0.294 e. The van der Waals surface area contributed by atoms with Crippen molar-refractivity contribution in [2.24, 2.45) is 11.8 Å². The SMILES string of the molecule is O=C1c2ccccc2C(=O)[C@@H]2CC3=C(C[C@H]12)CS(=O)(=O)C3. The molecule has 1 aromatic carbocycles. The Morgan fingerprint density at radius 1 is 0.810 bits per heavy atom. The molecule has 108 valence electrons. The fraction of sp³-hybridized carbons (Fsp3) is 0.375. The summed E-state index contributed by atoms with van der Waals surface area (Å²) >= 11 is 0. The zero-order valence-electron chi connectivity index (χ0n) is 11.3. The molecule has 0 N–H and O–H groups in total. The van der Waals surface area contributed by atoms with Crippen LogP contribution in [0.5, 0.6) is 0 Å². The summed E-state index contributed by atoms with van der Waals surface area (Å²) in [6, 6.07) is 6.91. The maximum absolute atomic E-state index is 12.6. The maximum Gasteiger partial charge on any atom is 0.167 e. The number of fused-ring (bicyclic) bond motifs is 2. The van der Waals surface area contributed by atoms with Crippen LogP contribution in [-0.4, -0.2) is 31.5 Å². The van der Waals surface area contributed by atoms with Gasteiger partial charge in [0.25, 0.3) is 0 Å². The van der Waals surface area contributed by atoms with E-state index in [0.29, 0.717) is 24.0 Å². The summed E-state index contributed by atoms with van der Waals surface area (Å²) in [7, 11) is -3.07. The molecule has 0 amide bonds. The van der Waals surface area contributed by atoms with Crippen LogP contribution in [0.25, 0.3) is 0 Å². The van der Waals surface area contributed by atoms with E-state index in [2.05, 4.69) is 0 Å². The lowest BCUT2D eigenvalue weighted by Gasteiger charge is -2.34. The third-order valence-corrected chi connectivity index (χ3v) is 6.41. The second-order valence-electron chi connectivity index (χ2n) is 6.13. The van der Waals surface area contributed by atoms with Crippen LogP contribution in [0.15, 0.2) is 35.4 Å². The average Bonchev–Trinajstić information content (AvgIpc) is 2.76. The molecule has 0 radical (unpaired) electrons. The van der Waals surface area contributed by atoms with E-state index in [0.717, 1.165) is 11.1 Å². The van der Waals surface area contributed by atoms with E-state index in [4.69, 9.17) is 0 Å². The molecule has 4 rings (SSSR count). The first kappa shape index (κ1) is 13.0. The zero-order valence-corrected chi connectivity index (χ0v) is 12.2. The van der Waals surface area contributed by atoms with Gasteiger partial charge in [-0.3, -0.25) is 9.59 Å². The standard InChI is InChI=1S/C16H14O4S/c17-15-11-3-1-2-4-12(11)16(18)14-6-10-8-21(19,20)7-9(10)5-13(14)15/h1-4,13-14H,5-8H2/t13-,14+. The highest BCUT2D eigenvalue weighted by atomic mass is 32.2. The van der Waals surface area contributed by atoms with Gasteiger partial charge in [-0.2, -0.15) is 0 Å². The van der Waals surface area contributed by atoms with Crippen molar-refractivity contribution in [2.45, 2.75) is 12.8 Å². The largest absolute Gasteiger partial charge is 0.294 e. The third-order valence-electron chi connectivity index (χ3n) is 4.84. The number of carbonyl (C=O) groups excluding carboxylic acids is 2. The van der Waals surface area contributed by atoms with Crippen molar-refractivity contribution in [3.63, 3.8) is 0 Å². The molecule has 1 aliphatic heterocycles. The zero-order chi connectivity index (χ0) is 14.8. The van der Waals surface area contributed by atoms with E-state index >= 15 is 0 Å². The van der Waals surface area contributed by atoms with Crippen LogP contribution in [0.3, 0.4) is 0 Å². The number of rotatable bonds is 0. The number of ketones is 2. The molecule has 0 fully saturated rings.